The number of ketones is 1. The van der Waals surface area contributed by atoms with Gasteiger partial charge in [0, 0.05) is 47.9 Å². The van der Waals surface area contributed by atoms with Gasteiger partial charge in [-0.15, -0.1) is 0 Å². The van der Waals surface area contributed by atoms with Crippen molar-refractivity contribution in [2.45, 2.75) is 32.4 Å². The summed E-state index contributed by atoms with van der Waals surface area (Å²) in [5.74, 6) is -0.202. The second-order valence-electron chi connectivity index (χ2n) is 10.8. The van der Waals surface area contributed by atoms with Crippen molar-refractivity contribution in [2.75, 3.05) is 43.4 Å². The number of aromatic nitrogens is 2. The minimum absolute atomic E-state index is 0.0483. The van der Waals surface area contributed by atoms with Crippen LogP contribution in [0.1, 0.15) is 42.6 Å². The Bertz CT molecular complexity index is 1610. The fourth-order valence-corrected chi connectivity index (χ4v) is 6.41. The number of carbonyl (C=O) groups is 1. The van der Waals surface area contributed by atoms with Gasteiger partial charge in [0.25, 0.3) is 0 Å². The molecule has 2 heterocycles. The lowest BCUT2D eigenvalue weighted by molar-refractivity contribution is 0.101. The van der Waals surface area contributed by atoms with Gasteiger partial charge in [-0.25, -0.2) is 8.42 Å². The Balaban J connectivity index is 1.34. The Morgan fingerprint density at radius 1 is 1.12 bits per heavy atom. The van der Waals surface area contributed by atoms with Crippen LogP contribution in [0.4, 0.5) is 11.4 Å². The molecule has 0 spiro atoms. The van der Waals surface area contributed by atoms with Crippen LogP contribution >= 0.6 is 11.6 Å². The third kappa shape index (κ3) is 6.01. The molecular formula is C28H32ClN5O5S. The Kier molecular flexibility index (Phi) is 7.64. The molecule has 2 N–H and O–H groups in total. The molecule has 1 aliphatic heterocycles. The van der Waals surface area contributed by atoms with E-state index in [0.29, 0.717) is 47.2 Å². The second kappa shape index (κ2) is 10.9. The van der Waals surface area contributed by atoms with E-state index in [-0.39, 0.29) is 41.5 Å². The molecule has 10 nitrogen and oxygen atoms in total. The summed E-state index contributed by atoms with van der Waals surface area (Å²) >= 11 is 6.14. The predicted octanol–water partition coefficient (Wildman–Crippen LogP) is 3.50. The molecule has 12 heteroatoms. The summed E-state index contributed by atoms with van der Waals surface area (Å²) in [6, 6.07) is 11.6. The van der Waals surface area contributed by atoms with Gasteiger partial charge in [0.1, 0.15) is 5.69 Å². The number of nitrogens with two attached hydrogens (primary N) is 1. The molecule has 0 radical (unpaired) electrons. The number of hydrogen-bond donors (Lipinski definition) is 1. The first-order chi connectivity index (χ1) is 19.0. The van der Waals surface area contributed by atoms with Crippen LogP contribution in [-0.2, 0) is 15.8 Å². The quantitative estimate of drug-likeness (QED) is 0.298. The molecule has 40 heavy (non-hydrogen) atoms. The summed E-state index contributed by atoms with van der Waals surface area (Å²) in [4.78, 5) is 27.2. The SMILES string of the molecule is CC(=O)c1ccc(CS(=O)(=O)N2CCN(c3cnn(-c4cccc(Cl)c4)c(=O)c3OCC3(C)CC3)CC2)cc1N. The average Bonchev–Trinajstić information content (AvgIpc) is 3.64. The highest BCUT2D eigenvalue weighted by Crippen LogP contribution is 2.45. The normalized spacial score (nSPS) is 17.0. The lowest BCUT2D eigenvalue weighted by atomic mass is 10.1. The molecule has 3 aromatic rings. The number of anilines is 2. The molecule has 212 valence electrons. The fourth-order valence-electron chi connectivity index (χ4n) is 4.72. The highest BCUT2D eigenvalue weighted by molar-refractivity contribution is 7.88. The van der Waals surface area contributed by atoms with Gasteiger partial charge >= 0.3 is 5.56 Å². The number of nitrogen functional groups attached to an aromatic ring is 1. The van der Waals surface area contributed by atoms with Crippen molar-refractivity contribution in [1.29, 1.82) is 0 Å². The van der Waals surface area contributed by atoms with Crippen molar-refractivity contribution in [2.24, 2.45) is 5.41 Å². The van der Waals surface area contributed by atoms with Gasteiger partial charge in [-0.2, -0.15) is 14.1 Å². The van der Waals surface area contributed by atoms with Crippen molar-refractivity contribution in [3.63, 3.8) is 0 Å². The number of rotatable bonds is 9. The zero-order chi connectivity index (χ0) is 28.7. The van der Waals surface area contributed by atoms with Crippen molar-refractivity contribution >= 4 is 38.8 Å². The maximum Gasteiger partial charge on any atom is 0.316 e. The Hall–Kier alpha value is -3.41. The van der Waals surface area contributed by atoms with E-state index in [1.807, 2.05) is 4.90 Å². The van der Waals surface area contributed by atoms with E-state index < -0.39 is 15.6 Å². The highest BCUT2D eigenvalue weighted by Gasteiger charge is 2.39. The van der Waals surface area contributed by atoms with Crippen LogP contribution in [0.2, 0.25) is 5.02 Å². The van der Waals surface area contributed by atoms with E-state index in [2.05, 4.69) is 12.0 Å². The molecule has 2 aliphatic rings. The van der Waals surface area contributed by atoms with Crippen molar-refractivity contribution in [1.82, 2.24) is 14.1 Å². The number of carbonyl (C=O) groups excluding carboxylic acids is 1. The van der Waals surface area contributed by atoms with Gasteiger partial charge in [0.05, 0.1) is 24.2 Å². The highest BCUT2D eigenvalue weighted by atomic mass is 35.5. The molecule has 5 rings (SSSR count). The van der Waals surface area contributed by atoms with Crippen LogP contribution in [0.3, 0.4) is 0 Å². The third-order valence-electron chi connectivity index (χ3n) is 7.45. The Morgan fingerprint density at radius 2 is 1.85 bits per heavy atom. The topological polar surface area (TPSA) is 128 Å². The van der Waals surface area contributed by atoms with Crippen LogP contribution in [-0.4, -0.2) is 61.1 Å². The number of piperazine rings is 1. The molecule has 1 aromatic heterocycles. The maximum absolute atomic E-state index is 13.6. The molecule has 0 atom stereocenters. The summed E-state index contributed by atoms with van der Waals surface area (Å²) in [7, 11) is -3.64. The van der Waals surface area contributed by atoms with Crippen LogP contribution in [0.25, 0.3) is 5.69 Å². The van der Waals surface area contributed by atoms with E-state index in [1.54, 1.807) is 42.6 Å². The average molecular weight is 586 g/mol. The number of Topliss-reactive ketones (excluding diaryl/α,β-unsaturated/α-hetero) is 1. The summed E-state index contributed by atoms with van der Waals surface area (Å²) in [5.41, 5.74) is 7.82. The minimum atomic E-state index is -3.64. The number of benzene rings is 2. The van der Waals surface area contributed by atoms with Crippen LogP contribution < -0.4 is 20.9 Å². The first-order valence-electron chi connectivity index (χ1n) is 13.1. The van der Waals surface area contributed by atoms with Crippen LogP contribution in [0.5, 0.6) is 5.75 Å². The van der Waals surface area contributed by atoms with E-state index in [9.17, 15) is 18.0 Å². The monoisotopic (exact) mass is 585 g/mol. The maximum atomic E-state index is 13.6. The largest absolute Gasteiger partial charge is 0.486 e. The summed E-state index contributed by atoms with van der Waals surface area (Å²) in [6.45, 7) is 5.14. The van der Waals surface area contributed by atoms with Crippen LogP contribution in [0.15, 0.2) is 53.5 Å². The molecule has 0 bridgehead atoms. The molecule has 0 unspecified atom stereocenters. The lowest BCUT2D eigenvalue weighted by Gasteiger charge is -2.35. The molecule has 0 amide bonds. The minimum Gasteiger partial charge on any atom is -0.486 e. The second-order valence-corrected chi connectivity index (χ2v) is 13.2. The standard InChI is InChI=1S/C28H32ClN5O5S/c1-19(35)23-7-6-20(14-24(23)30)17-40(37,38)33-12-10-32(11-13-33)25-16-31-34(22-5-3-4-21(29)15-22)27(36)26(25)39-18-28(2)8-9-28/h3-7,14-16H,8-13,17-18,30H2,1-2H3. The smallest absolute Gasteiger partial charge is 0.316 e. The summed E-state index contributed by atoms with van der Waals surface area (Å²) in [5, 5.41) is 4.88. The molecule has 1 aliphatic carbocycles. The summed E-state index contributed by atoms with van der Waals surface area (Å²) in [6.07, 6.45) is 3.67. The number of halogens is 1. The number of sulfonamides is 1. The zero-order valence-corrected chi connectivity index (χ0v) is 24.0. The lowest BCUT2D eigenvalue weighted by Crippen LogP contribution is -2.49. The Morgan fingerprint density at radius 3 is 2.48 bits per heavy atom. The molecule has 1 saturated carbocycles. The number of ether oxygens (including phenoxy) is 1. The van der Waals surface area contributed by atoms with Gasteiger partial charge in [-0.3, -0.25) is 9.59 Å². The predicted molar refractivity (Wildman–Crippen MR) is 155 cm³/mol. The number of hydrogen-bond acceptors (Lipinski definition) is 8. The van der Waals surface area contributed by atoms with Gasteiger partial charge < -0.3 is 15.4 Å². The Labute approximate surface area is 238 Å². The van der Waals surface area contributed by atoms with E-state index >= 15 is 0 Å². The molecule has 2 aromatic carbocycles. The van der Waals surface area contributed by atoms with E-state index in [1.165, 1.54) is 22.0 Å². The van der Waals surface area contributed by atoms with Gasteiger partial charge in [0.2, 0.25) is 15.8 Å². The van der Waals surface area contributed by atoms with E-state index in [4.69, 9.17) is 22.1 Å². The van der Waals surface area contributed by atoms with Crippen LogP contribution in [0, 0.1) is 5.41 Å². The first kappa shape index (κ1) is 28.1. The van der Waals surface area contributed by atoms with Crippen molar-refractivity contribution in [3.8, 4) is 11.4 Å². The van der Waals surface area contributed by atoms with Crippen molar-refractivity contribution < 1.29 is 17.9 Å². The number of nitrogens with zero attached hydrogens (tertiary/aromatic N) is 4. The third-order valence-corrected chi connectivity index (χ3v) is 9.54. The fraction of sp³-hybridized carbons (Fsp3) is 0.393. The van der Waals surface area contributed by atoms with Gasteiger partial charge in [0.15, 0.2) is 5.78 Å². The van der Waals surface area contributed by atoms with Crippen molar-refractivity contribution in [3.05, 3.63) is 75.2 Å². The molecule has 2 fully saturated rings. The van der Waals surface area contributed by atoms with E-state index in [0.717, 1.165) is 12.8 Å². The first-order valence-corrected chi connectivity index (χ1v) is 15.1. The van der Waals surface area contributed by atoms with Gasteiger partial charge in [-0.05, 0) is 55.7 Å². The molecule has 1 saturated heterocycles. The summed E-state index contributed by atoms with van der Waals surface area (Å²) < 4.78 is 35.2. The molecular weight excluding hydrogens is 554 g/mol. The zero-order valence-electron chi connectivity index (χ0n) is 22.5. The van der Waals surface area contributed by atoms with Gasteiger partial charge in [-0.1, -0.05) is 30.7 Å².